The molecule has 2 aromatic rings. The van der Waals surface area contributed by atoms with Crippen LogP contribution in [-0.4, -0.2) is 12.1 Å². The number of benzene rings is 2. The lowest BCUT2D eigenvalue weighted by Gasteiger charge is -2.28. The van der Waals surface area contributed by atoms with Gasteiger partial charge in [-0.1, -0.05) is 43.3 Å². The number of hydrogen-bond acceptors (Lipinski definition) is 3. The Morgan fingerprint density at radius 1 is 1.22 bits per heavy atom. The number of rotatable bonds is 6. The van der Waals surface area contributed by atoms with Gasteiger partial charge < -0.3 is 15.2 Å². The maximum Gasteiger partial charge on any atom is 0.126 e. The molecule has 0 amide bonds. The fraction of sp³-hybridized carbons (Fsp3) is 0.400. The van der Waals surface area contributed by atoms with Crippen LogP contribution in [0.3, 0.4) is 0 Å². The number of ether oxygens (including phenoxy) is 2. The van der Waals surface area contributed by atoms with E-state index < -0.39 is 0 Å². The molecule has 0 aromatic heterocycles. The van der Waals surface area contributed by atoms with Gasteiger partial charge in [-0.2, -0.15) is 0 Å². The van der Waals surface area contributed by atoms with Crippen LogP contribution in [0, 0.1) is 0 Å². The molecule has 0 saturated heterocycles. The minimum Gasteiger partial charge on any atom is -0.490 e. The fourth-order valence-electron chi connectivity index (χ4n) is 2.91. The Kier molecular flexibility index (Phi) is 5.19. The molecule has 0 bridgehead atoms. The van der Waals surface area contributed by atoms with Crippen molar-refractivity contribution in [1.29, 1.82) is 0 Å². The summed E-state index contributed by atoms with van der Waals surface area (Å²) in [4.78, 5) is 0. The van der Waals surface area contributed by atoms with Gasteiger partial charge in [0.2, 0.25) is 0 Å². The molecule has 3 rings (SSSR count). The second kappa shape index (κ2) is 7.51. The molecular weight excluding hydrogens is 286 g/mol. The molecule has 2 atom stereocenters. The first kappa shape index (κ1) is 15.9. The third kappa shape index (κ3) is 4.26. The quantitative estimate of drug-likeness (QED) is 0.874. The van der Waals surface area contributed by atoms with E-state index in [4.69, 9.17) is 15.2 Å². The molecule has 0 aliphatic carbocycles. The molecule has 1 aliphatic rings. The third-order valence-electron chi connectivity index (χ3n) is 4.41. The average molecular weight is 311 g/mol. The van der Waals surface area contributed by atoms with Crippen LogP contribution in [0.2, 0.25) is 0 Å². The van der Waals surface area contributed by atoms with E-state index in [9.17, 15) is 0 Å². The zero-order valence-electron chi connectivity index (χ0n) is 13.7. The Balaban J connectivity index is 1.63. The molecule has 23 heavy (non-hydrogen) atoms. The second-order valence-corrected chi connectivity index (χ2v) is 6.23. The van der Waals surface area contributed by atoms with Crippen molar-refractivity contribution >= 4 is 0 Å². The van der Waals surface area contributed by atoms with Crippen LogP contribution in [-0.2, 0) is 13.0 Å². The zero-order valence-corrected chi connectivity index (χ0v) is 13.7. The van der Waals surface area contributed by atoms with Gasteiger partial charge in [0, 0.05) is 12.1 Å². The van der Waals surface area contributed by atoms with Crippen LogP contribution in [0.25, 0.3) is 0 Å². The first-order valence-corrected chi connectivity index (χ1v) is 8.46. The van der Waals surface area contributed by atoms with Gasteiger partial charge in [-0.25, -0.2) is 0 Å². The molecule has 2 N–H and O–H groups in total. The van der Waals surface area contributed by atoms with Crippen molar-refractivity contribution in [3.05, 3.63) is 59.7 Å². The summed E-state index contributed by atoms with van der Waals surface area (Å²) in [6, 6.07) is 16.6. The van der Waals surface area contributed by atoms with Crippen molar-refractivity contribution in [1.82, 2.24) is 0 Å². The molecule has 1 aliphatic heterocycles. The van der Waals surface area contributed by atoms with Crippen molar-refractivity contribution in [2.24, 2.45) is 5.73 Å². The summed E-state index contributed by atoms with van der Waals surface area (Å²) in [5.41, 5.74) is 8.49. The lowest BCUT2D eigenvalue weighted by atomic mass is 9.97. The van der Waals surface area contributed by atoms with Crippen LogP contribution >= 0.6 is 0 Å². The normalized spacial score (nSPS) is 17.9. The summed E-state index contributed by atoms with van der Waals surface area (Å²) in [7, 11) is 0. The SMILES string of the molecule is CCC(N)CC1CCc2ccc(OCc3ccccc3)cc2O1. The molecular formula is C20H25NO2. The first-order valence-electron chi connectivity index (χ1n) is 8.46. The lowest BCUT2D eigenvalue weighted by molar-refractivity contribution is 0.153. The summed E-state index contributed by atoms with van der Waals surface area (Å²) < 4.78 is 12.0. The largest absolute Gasteiger partial charge is 0.490 e. The summed E-state index contributed by atoms with van der Waals surface area (Å²) in [5, 5.41) is 0. The Hall–Kier alpha value is -2.00. The van der Waals surface area contributed by atoms with E-state index in [1.54, 1.807) is 0 Å². The molecule has 1 heterocycles. The number of hydrogen-bond donors (Lipinski definition) is 1. The van der Waals surface area contributed by atoms with Gasteiger partial charge in [0.05, 0.1) is 0 Å². The summed E-state index contributed by atoms with van der Waals surface area (Å²) >= 11 is 0. The molecule has 2 aromatic carbocycles. The minimum atomic E-state index is 0.221. The van der Waals surface area contributed by atoms with Crippen molar-refractivity contribution < 1.29 is 9.47 Å². The van der Waals surface area contributed by atoms with E-state index in [0.29, 0.717) is 6.61 Å². The van der Waals surface area contributed by atoms with Crippen LogP contribution in [0.4, 0.5) is 0 Å². The molecule has 2 unspecified atom stereocenters. The third-order valence-corrected chi connectivity index (χ3v) is 4.41. The summed E-state index contributed by atoms with van der Waals surface area (Å²) in [6.07, 6.45) is 4.24. The second-order valence-electron chi connectivity index (χ2n) is 6.23. The average Bonchev–Trinajstić information content (AvgIpc) is 2.60. The van der Waals surface area contributed by atoms with Crippen molar-refractivity contribution in [2.75, 3.05) is 0 Å². The highest BCUT2D eigenvalue weighted by Crippen LogP contribution is 2.32. The topological polar surface area (TPSA) is 44.5 Å². The van der Waals surface area contributed by atoms with Crippen LogP contribution in [0.5, 0.6) is 11.5 Å². The molecule has 3 heteroatoms. The monoisotopic (exact) mass is 311 g/mol. The smallest absolute Gasteiger partial charge is 0.126 e. The Morgan fingerprint density at radius 2 is 2.04 bits per heavy atom. The number of aryl methyl sites for hydroxylation is 1. The molecule has 0 radical (unpaired) electrons. The zero-order chi connectivity index (χ0) is 16.1. The van der Waals surface area contributed by atoms with Crippen molar-refractivity contribution in [3.63, 3.8) is 0 Å². The van der Waals surface area contributed by atoms with Gasteiger partial charge in [-0.3, -0.25) is 0 Å². The van der Waals surface area contributed by atoms with Crippen LogP contribution < -0.4 is 15.2 Å². The van der Waals surface area contributed by atoms with E-state index in [2.05, 4.69) is 25.1 Å². The van der Waals surface area contributed by atoms with Crippen molar-refractivity contribution in [3.8, 4) is 11.5 Å². The molecule has 3 nitrogen and oxygen atoms in total. The van der Waals surface area contributed by atoms with Gasteiger partial charge in [0.1, 0.15) is 24.2 Å². The standard InChI is InChI=1S/C20H25NO2/c1-2-17(21)12-19-11-9-16-8-10-18(13-20(16)23-19)22-14-15-6-4-3-5-7-15/h3-8,10,13,17,19H,2,9,11-12,14,21H2,1H3. The highest BCUT2D eigenvalue weighted by atomic mass is 16.5. The minimum absolute atomic E-state index is 0.221. The van der Waals surface area contributed by atoms with E-state index >= 15 is 0 Å². The highest BCUT2D eigenvalue weighted by molar-refractivity contribution is 5.42. The molecule has 0 saturated carbocycles. The summed E-state index contributed by atoms with van der Waals surface area (Å²) in [6.45, 7) is 2.70. The van der Waals surface area contributed by atoms with E-state index in [1.165, 1.54) is 5.56 Å². The van der Waals surface area contributed by atoms with Crippen LogP contribution in [0.15, 0.2) is 48.5 Å². The van der Waals surface area contributed by atoms with E-state index in [0.717, 1.165) is 42.7 Å². The van der Waals surface area contributed by atoms with Gasteiger partial charge in [0.15, 0.2) is 0 Å². The fourth-order valence-corrected chi connectivity index (χ4v) is 2.91. The number of nitrogens with two attached hydrogens (primary N) is 1. The Bertz CT molecular complexity index is 627. The van der Waals surface area contributed by atoms with Gasteiger partial charge in [0.25, 0.3) is 0 Å². The maximum absolute atomic E-state index is 6.14. The predicted octanol–water partition coefficient (Wildman–Crippen LogP) is 4.09. The van der Waals surface area contributed by atoms with Crippen LogP contribution in [0.1, 0.15) is 37.3 Å². The van der Waals surface area contributed by atoms with Gasteiger partial charge >= 0.3 is 0 Å². The Morgan fingerprint density at radius 3 is 2.83 bits per heavy atom. The first-order chi connectivity index (χ1) is 11.2. The highest BCUT2D eigenvalue weighted by Gasteiger charge is 2.21. The van der Waals surface area contributed by atoms with E-state index in [1.807, 2.05) is 30.3 Å². The summed E-state index contributed by atoms with van der Waals surface area (Å²) in [5.74, 6) is 1.81. The number of fused-ring (bicyclic) bond motifs is 1. The lowest BCUT2D eigenvalue weighted by Crippen LogP contribution is -2.31. The van der Waals surface area contributed by atoms with E-state index in [-0.39, 0.29) is 12.1 Å². The Labute approximate surface area is 138 Å². The van der Waals surface area contributed by atoms with Gasteiger partial charge in [-0.05, 0) is 42.9 Å². The predicted molar refractivity (Wildman–Crippen MR) is 92.8 cm³/mol. The molecule has 122 valence electrons. The van der Waals surface area contributed by atoms with Gasteiger partial charge in [-0.15, -0.1) is 0 Å². The van der Waals surface area contributed by atoms with Crippen molar-refractivity contribution in [2.45, 2.75) is 51.4 Å². The molecule has 0 spiro atoms. The molecule has 0 fully saturated rings. The maximum atomic E-state index is 6.14.